The number of amides is 1. The monoisotopic (exact) mass is 260 g/mol. The minimum Gasteiger partial charge on any atom is -0.364 e. The van der Waals surface area contributed by atoms with Crippen LogP contribution in [0.15, 0.2) is 29.5 Å². The Morgan fingerprint density at radius 1 is 1.53 bits per heavy atom. The van der Waals surface area contributed by atoms with E-state index in [0.717, 1.165) is 11.5 Å². The van der Waals surface area contributed by atoms with E-state index in [-0.39, 0.29) is 16.9 Å². The highest BCUT2D eigenvalue weighted by Crippen LogP contribution is 2.03. The topological polar surface area (TPSA) is 71.0 Å². The van der Waals surface area contributed by atoms with Crippen molar-refractivity contribution in [2.75, 3.05) is 7.05 Å². The van der Waals surface area contributed by atoms with E-state index >= 15 is 0 Å². The summed E-state index contributed by atoms with van der Waals surface area (Å²) in [6.07, 6.45) is 4.94. The molecule has 2 aromatic heterocycles. The van der Waals surface area contributed by atoms with Crippen LogP contribution in [0, 0.1) is 6.92 Å². The molecule has 19 heavy (non-hydrogen) atoms. The minimum absolute atomic E-state index is 0.141. The van der Waals surface area contributed by atoms with Crippen molar-refractivity contribution < 1.29 is 4.79 Å². The summed E-state index contributed by atoms with van der Waals surface area (Å²) < 4.78 is 1.84. The molecule has 0 aliphatic rings. The number of aromatic amines is 1. The molecule has 0 aliphatic heterocycles. The van der Waals surface area contributed by atoms with Crippen LogP contribution < -0.4 is 5.43 Å². The quantitative estimate of drug-likeness (QED) is 0.882. The van der Waals surface area contributed by atoms with E-state index in [0.29, 0.717) is 6.54 Å². The van der Waals surface area contributed by atoms with Crippen molar-refractivity contribution in [2.24, 2.45) is 7.05 Å². The lowest BCUT2D eigenvalue weighted by Crippen LogP contribution is -2.31. The first-order valence-corrected chi connectivity index (χ1v) is 5.90. The van der Waals surface area contributed by atoms with Crippen LogP contribution >= 0.6 is 0 Å². The summed E-state index contributed by atoms with van der Waals surface area (Å²) in [5.74, 6) is 0.448. The first-order valence-electron chi connectivity index (χ1n) is 5.90. The van der Waals surface area contributed by atoms with Gasteiger partial charge in [0.15, 0.2) is 5.43 Å². The molecule has 0 radical (unpaired) electrons. The highest BCUT2D eigenvalue weighted by atomic mass is 16.2. The van der Waals surface area contributed by atoms with E-state index in [4.69, 9.17) is 0 Å². The molecule has 6 heteroatoms. The van der Waals surface area contributed by atoms with Crippen molar-refractivity contribution >= 4 is 5.91 Å². The molecule has 1 N–H and O–H groups in total. The Morgan fingerprint density at radius 3 is 2.84 bits per heavy atom. The number of pyridine rings is 1. The molecule has 0 atom stereocenters. The number of carbonyl (C=O) groups is 1. The number of carbonyl (C=O) groups excluding carboxylic acids is 1. The number of rotatable bonds is 3. The van der Waals surface area contributed by atoms with Crippen molar-refractivity contribution in [2.45, 2.75) is 13.5 Å². The van der Waals surface area contributed by atoms with Gasteiger partial charge in [0, 0.05) is 44.4 Å². The highest BCUT2D eigenvalue weighted by molar-refractivity contribution is 5.93. The number of nitrogens with one attached hydrogen (secondary N) is 1. The molecule has 0 aromatic carbocycles. The summed E-state index contributed by atoms with van der Waals surface area (Å²) in [6.45, 7) is 2.13. The van der Waals surface area contributed by atoms with Crippen LogP contribution in [-0.4, -0.2) is 32.4 Å². The van der Waals surface area contributed by atoms with Gasteiger partial charge in [0.1, 0.15) is 11.4 Å². The number of aryl methyl sites for hydroxylation is 2. The second-order valence-corrected chi connectivity index (χ2v) is 4.51. The fourth-order valence-electron chi connectivity index (χ4n) is 1.78. The standard InChI is InChI=1S/C13H16N4O2/c1-9-6-11(18)10(7-15-9)13(19)17(3)8-12-14-4-5-16(12)2/h4-7H,8H2,1-3H3,(H,15,18). The summed E-state index contributed by atoms with van der Waals surface area (Å²) >= 11 is 0. The van der Waals surface area contributed by atoms with Crippen molar-refractivity contribution in [3.63, 3.8) is 0 Å². The highest BCUT2D eigenvalue weighted by Gasteiger charge is 2.16. The molecule has 100 valence electrons. The third-order valence-corrected chi connectivity index (χ3v) is 2.93. The van der Waals surface area contributed by atoms with Crippen LogP contribution in [0.2, 0.25) is 0 Å². The summed E-state index contributed by atoms with van der Waals surface area (Å²) in [7, 11) is 3.51. The molecule has 1 amide bonds. The van der Waals surface area contributed by atoms with Crippen molar-refractivity contribution in [1.82, 2.24) is 19.4 Å². The molecule has 6 nitrogen and oxygen atoms in total. The molecule has 2 rings (SSSR count). The summed E-state index contributed by atoms with van der Waals surface area (Å²) in [6, 6.07) is 1.42. The van der Waals surface area contributed by atoms with Crippen LogP contribution in [0.4, 0.5) is 0 Å². The average molecular weight is 260 g/mol. The number of imidazole rings is 1. The maximum atomic E-state index is 12.2. The zero-order valence-corrected chi connectivity index (χ0v) is 11.2. The molecule has 0 fully saturated rings. The third kappa shape index (κ3) is 2.73. The maximum absolute atomic E-state index is 12.2. The van der Waals surface area contributed by atoms with Gasteiger partial charge in [-0.3, -0.25) is 9.59 Å². The van der Waals surface area contributed by atoms with E-state index in [9.17, 15) is 9.59 Å². The molecule has 2 heterocycles. The predicted molar refractivity (Wildman–Crippen MR) is 70.8 cm³/mol. The SMILES string of the molecule is Cc1cc(=O)c(C(=O)N(C)Cc2nccn2C)c[nH]1. The Balaban J connectivity index is 2.20. The van der Waals surface area contributed by atoms with Crippen molar-refractivity contribution in [1.29, 1.82) is 0 Å². The number of hydrogen-bond donors (Lipinski definition) is 1. The van der Waals surface area contributed by atoms with Crippen LogP contribution in [0.5, 0.6) is 0 Å². The van der Waals surface area contributed by atoms with Gasteiger partial charge in [-0.05, 0) is 6.92 Å². The van der Waals surface area contributed by atoms with Gasteiger partial charge in [-0.2, -0.15) is 0 Å². The van der Waals surface area contributed by atoms with Gasteiger partial charge < -0.3 is 14.5 Å². The molecule has 0 saturated carbocycles. The van der Waals surface area contributed by atoms with Gasteiger partial charge in [-0.1, -0.05) is 0 Å². The lowest BCUT2D eigenvalue weighted by Gasteiger charge is -2.16. The van der Waals surface area contributed by atoms with E-state index in [2.05, 4.69) is 9.97 Å². The molecular formula is C13H16N4O2. The van der Waals surface area contributed by atoms with E-state index in [1.807, 2.05) is 17.8 Å². The Bertz CT molecular complexity index is 657. The van der Waals surface area contributed by atoms with Gasteiger partial charge in [-0.25, -0.2) is 4.98 Å². The summed E-state index contributed by atoms with van der Waals surface area (Å²) in [4.78, 5) is 32.5. The first kappa shape index (κ1) is 13.1. The van der Waals surface area contributed by atoms with Crippen LogP contribution in [0.1, 0.15) is 21.9 Å². The Labute approximate surface area is 110 Å². The number of aromatic nitrogens is 3. The van der Waals surface area contributed by atoms with Crippen molar-refractivity contribution in [3.8, 4) is 0 Å². The summed E-state index contributed by atoms with van der Waals surface area (Å²) in [5.41, 5.74) is 0.601. The Hall–Kier alpha value is -2.37. The molecule has 0 spiro atoms. The summed E-state index contributed by atoms with van der Waals surface area (Å²) in [5, 5.41) is 0. The van der Waals surface area contributed by atoms with Gasteiger partial charge in [0.05, 0.1) is 6.54 Å². The molecule has 2 aromatic rings. The largest absolute Gasteiger partial charge is 0.364 e. The lowest BCUT2D eigenvalue weighted by atomic mass is 10.2. The number of H-pyrrole nitrogens is 1. The smallest absolute Gasteiger partial charge is 0.259 e. The molecule has 0 aliphatic carbocycles. The van der Waals surface area contributed by atoms with E-state index in [1.165, 1.54) is 17.2 Å². The zero-order valence-electron chi connectivity index (χ0n) is 11.2. The van der Waals surface area contributed by atoms with Gasteiger partial charge in [0.2, 0.25) is 0 Å². The second-order valence-electron chi connectivity index (χ2n) is 4.51. The van der Waals surface area contributed by atoms with Crippen LogP contribution in [-0.2, 0) is 13.6 Å². The predicted octanol–water partition coefficient (Wildman–Crippen LogP) is 0.689. The maximum Gasteiger partial charge on any atom is 0.259 e. The van der Waals surface area contributed by atoms with Crippen LogP contribution in [0.25, 0.3) is 0 Å². The molecule has 0 unspecified atom stereocenters. The fraction of sp³-hybridized carbons (Fsp3) is 0.308. The molecule has 0 saturated heterocycles. The lowest BCUT2D eigenvalue weighted by molar-refractivity contribution is 0.0779. The van der Waals surface area contributed by atoms with Gasteiger partial charge in [-0.15, -0.1) is 0 Å². The zero-order chi connectivity index (χ0) is 14.0. The van der Waals surface area contributed by atoms with Gasteiger partial charge >= 0.3 is 0 Å². The van der Waals surface area contributed by atoms with Crippen molar-refractivity contribution in [3.05, 3.63) is 52.0 Å². The first-order chi connectivity index (χ1) is 8.99. The Morgan fingerprint density at radius 2 is 2.26 bits per heavy atom. The van der Waals surface area contributed by atoms with E-state index < -0.39 is 0 Å². The molecule has 0 bridgehead atoms. The number of nitrogens with zero attached hydrogens (tertiary/aromatic N) is 3. The van der Waals surface area contributed by atoms with Crippen LogP contribution in [0.3, 0.4) is 0 Å². The minimum atomic E-state index is -0.316. The second kappa shape index (κ2) is 5.09. The van der Waals surface area contributed by atoms with Gasteiger partial charge in [0.25, 0.3) is 5.91 Å². The third-order valence-electron chi connectivity index (χ3n) is 2.93. The normalized spacial score (nSPS) is 10.5. The Kier molecular flexibility index (Phi) is 3.50. The van der Waals surface area contributed by atoms with E-state index in [1.54, 1.807) is 20.2 Å². The average Bonchev–Trinajstić information content (AvgIpc) is 2.74. The number of hydrogen-bond acceptors (Lipinski definition) is 3. The molecular weight excluding hydrogens is 244 g/mol. The fourth-order valence-corrected chi connectivity index (χ4v) is 1.78.